The van der Waals surface area contributed by atoms with E-state index >= 15 is 0 Å². The first-order chi connectivity index (χ1) is 13.7. The van der Waals surface area contributed by atoms with Crippen LogP contribution in [0.3, 0.4) is 0 Å². The first-order valence-electron chi connectivity index (χ1n) is 10.3. The van der Waals surface area contributed by atoms with Crippen molar-refractivity contribution in [3.05, 3.63) is 82.6 Å². The van der Waals surface area contributed by atoms with Crippen molar-refractivity contribution < 1.29 is 9.47 Å². The summed E-state index contributed by atoms with van der Waals surface area (Å²) in [5, 5.41) is 0. The van der Waals surface area contributed by atoms with Gasteiger partial charge < -0.3 is 9.47 Å². The van der Waals surface area contributed by atoms with Gasteiger partial charge in [0.15, 0.2) is 11.5 Å². The Morgan fingerprint density at radius 2 is 2.00 bits per heavy atom. The summed E-state index contributed by atoms with van der Waals surface area (Å²) in [6, 6.07) is 15.6. The smallest absolute Gasteiger partial charge is 0.173 e. The van der Waals surface area contributed by atoms with Gasteiger partial charge in [0.2, 0.25) is 0 Å². The van der Waals surface area contributed by atoms with Crippen molar-refractivity contribution in [2.75, 3.05) is 20.7 Å². The summed E-state index contributed by atoms with van der Waals surface area (Å²) in [6.45, 7) is 1.10. The molecular weight excluding hydrogens is 346 g/mol. The van der Waals surface area contributed by atoms with E-state index < -0.39 is 0 Å². The number of hydrogen-bond acceptors (Lipinski definition) is 3. The van der Waals surface area contributed by atoms with Gasteiger partial charge in [-0.3, -0.25) is 4.90 Å². The third-order valence-electron chi connectivity index (χ3n) is 7.20. The molecular formula is C25H25NO2. The maximum absolute atomic E-state index is 6.58. The minimum atomic E-state index is -0.0676. The predicted octanol–water partition coefficient (Wildman–Crippen LogP) is 4.27. The van der Waals surface area contributed by atoms with Crippen LogP contribution in [0.2, 0.25) is 0 Å². The van der Waals surface area contributed by atoms with E-state index in [-0.39, 0.29) is 5.41 Å². The van der Waals surface area contributed by atoms with E-state index in [9.17, 15) is 0 Å². The first-order valence-corrected chi connectivity index (χ1v) is 10.3. The standard InChI is InChI=1S/C25H25NO2/c1-26-11-10-25-19-13-17(12-16-6-4-3-5-7-16)14-22(25)28-24-21(27-2)9-8-18(23(24)25)15-20(19)26/h3-9,13-14,17,20H,10-12,15H2,1-2H3/t17-,20-,25-/m1/s1. The van der Waals surface area contributed by atoms with Gasteiger partial charge in [-0.25, -0.2) is 0 Å². The molecule has 3 atom stereocenters. The molecule has 6 rings (SSSR count). The highest BCUT2D eigenvalue weighted by atomic mass is 16.5. The summed E-state index contributed by atoms with van der Waals surface area (Å²) >= 11 is 0. The summed E-state index contributed by atoms with van der Waals surface area (Å²) in [4.78, 5) is 2.53. The average Bonchev–Trinajstić information content (AvgIpc) is 3.04. The van der Waals surface area contributed by atoms with Crippen LogP contribution in [0.5, 0.6) is 11.5 Å². The lowest BCUT2D eigenvalue weighted by molar-refractivity contribution is 0.171. The van der Waals surface area contributed by atoms with Gasteiger partial charge >= 0.3 is 0 Å². The second-order valence-electron chi connectivity index (χ2n) is 8.60. The lowest BCUT2D eigenvalue weighted by Gasteiger charge is -2.51. The molecule has 2 bridgehead atoms. The molecule has 2 aromatic rings. The molecule has 0 aromatic heterocycles. The number of benzene rings is 2. The highest BCUT2D eigenvalue weighted by Gasteiger charge is 2.58. The van der Waals surface area contributed by atoms with E-state index in [1.54, 1.807) is 12.7 Å². The van der Waals surface area contributed by atoms with Crippen molar-refractivity contribution >= 4 is 0 Å². The van der Waals surface area contributed by atoms with Gasteiger partial charge in [-0.15, -0.1) is 0 Å². The van der Waals surface area contributed by atoms with Crippen LogP contribution in [0.25, 0.3) is 0 Å². The molecule has 1 saturated heterocycles. The molecule has 28 heavy (non-hydrogen) atoms. The molecule has 142 valence electrons. The Hall–Kier alpha value is -2.52. The summed E-state index contributed by atoms with van der Waals surface area (Å²) < 4.78 is 12.3. The van der Waals surface area contributed by atoms with E-state index in [0.717, 1.165) is 43.1 Å². The number of allylic oxidation sites excluding steroid dienone is 3. The fourth-order valence-electron chi connectivity index (χ4n) is 5.91. The van der Waals surface area contributed by atoms with Gasteiger partial charge in [0.1, 0.15) is 5.76 Å². The largest absolute Gasteiger partial charge is 0.493 e. The summed E-state index contributed by atoms with van der Waals surface area (Å²) in [5.74, 6) is 3.33. The summed E-state index contributed by atoms with van der Waals surface area (Å²) in [6.07, 6.45) is 8.10. The van der Waals surface area contributed by atoms with Crippen molar-refractivity contribution in [3.63, 3.8) is 0 Å². The highest BCUT2D eigenvalue weighted by molar-refractivity contribution is 5.69. The van der Waals surface area contributed by atoms with Crippen molar-refractivity contribution in [1.82, 2.24) is 4.90 Å². The van der Waals surface area contributed by atoms with E-state index in [1.807, 2.05) is 0 Å². The molecule has 1 fully saturated rings. The second-order valence-corrected chi connectivity index (χ2v) is 8.60. The van der Waals surface area contributed by atoms with Crippen LogP contribution in [0.4, 0.5) is 0 Å². The zero-order valence-electron chi connectivity index (χ0n) is 16.4. The topological polar surface area (TPSA) is 21.7 Å². The van der Waals surface area contributed by atoms with Crippen molar-refractivity contribution in [2.24, 2.45) is 5.92 Å². The van der Waals surface area contributed by atoms with E-state index in [1.165, 1.54) is 16.7 Å². The molecule has 2 aliphatic heterocycles. The Labute approximate surface area is 166 Å². The number of piperidine rings is 1. The SMILES string of the molecule is COc1ccc2c3c1OC1=C[C@H](Cc4ccccc4)C=C4[C@@H](C2)N(C)CC[C@]143. The third-order valence-corrected chi connectivity index (χ3v) is 7.20. The quantitative estimate of drug-likeness (QED) is 0.752. The molecule has 4 aliphatic rings. The minimum absolute atomic E-state index is 0.0676. The number of likely N-dealkylation sites (N-methyl/N-ethyl adjacent to an activating group) is 1. The average molecular weight is 371 g/mol. The molecule has 0 saturated carbocycles. The molecule has 0 amide bonds. The van der Waals surface area contributed by atoms with Crippen LogP contribution >= 0.6 is 0 Å². The summed E-state index contributed by atoms with van der Waals surface area (Å²) in [5.41, 5.74) is 5.67. The number of rotatable bonds is 3. The maximum Gasteiger partial charge on any atom is 0.173 e. The van der Waals surface area contributed by atoms with E-state index in [4.69, 9.17) is 9.47 Å². The number of hydrogen-bond donors (Lipinski definition) is 0. The molecule has 2 aliphatic carbocycles. The normalized spacial score (nSPS) is 29.5. The second kappa shape index (κ2) is 5.74. The molecule has 0 unspecified atom stereocenters. The third kappa shape index (κ3) is 2.03. The van der Waals surface area contributed by atoms with Gasteiger partial charge in [-0.05, 0) is 55.2 Å². The van der Waals surface area contributed by atoms with Crippen LogP contribution in [-0.4, -0.2) is 31.6 Å². The fourth-order valence-corrected chi connectivity index (χ4v) is 5.91. The number of likely N-dealkylation sites (tertiary alicyclic amines) is 1. The Bertz CT molecular complexity index is 1020. The zero-order chi connectivity index (χ0) is 18.9. The number of methoxy groups -OCH3 is 1. The van der Waals surface area contributed by atoms with Crippen LogP contribution in [0.1, 0.15) is 23.1 Å². The monoisotopic (exact) mass is 371 g/mol. The maximum atomic E-state index is 6.58. The molecule has 0 N–H and O–H groups in total. The van der Waals surface area contributed by atoms with E-state index in [2.05, 4.69) is 66.6 Å². The van der Waals surface area contributed by atoms with Crippen molar-refractivity contribution in [2.45, 2.75) is 30.7 Å². The van der Waals surface area contributed by atoms with E-state index in [0.29, 0.717) is 12.0 Å². The highest BCUT2D eigenvalue weighted by Crippen LogP contribution is 2.63. The fraction of sp³-hybridized carbons (Fsp3) is 0.360. The Morgan fingerprint density at radius 3 is 2.82 bits per heavy atom. The first kappa shape index (κ1) is 16.4. The number of ether oxygens (including phenoxy) is 2. The van der Waals surface area contributed by atoms with Crippen LogP contribution in [0.15, 0.2) is 65.9 Å². The van der Waals surface area contributed by atoms with Crippen molar-refractivity contribution in [3.8, 4) is 11.5 Å². The van der Waals surface area contributed by atoms with Gasteiger partial charge in [0, 0.05) is 24.1 Å². The van der Waals surface area contributed by atoms with Crippen LogP contribution < -0.4 is 9.47 Å². The van der Waals surface area contributed by atoms with Gasteiger partial charge in [0.25, 0.3) is 0 Å². The molecule has 1 spiro atoms. The molecule has 2 aromatic carbocycles. The van der Waals surface area contributed by atoms with Crippen LogP contribution in [-0.2, 0) is 18.3 Å². The lowest BCUT2D eigenvalue weighted by atomic mass is 9.58. The number of nitrogens with zero attached hydrogens (tertiary/aromatic N) is 1. The molecule has 2 heterocycles. The Balaban J connectivity index is 1.53. The molecule has 3 nitrogen and oxygen atoms in total. The summed E-state index contributed by atoms with van der Waals surface area (Å²) in [7, 11) is 4.01. The van der Waals surface area contributed by atoms with Gasteiger partial charge in [-0.1, -0.05) is 42.5 Å². The predicted molar refractivity (Wildman–Crippen MR) is 110 cm³/mol. The molecule has 0 radical (unpaired) electrons. The van der Waals surface area contributed by atoms with Crippen molar-refractivity contribution in [1.29, 1.82) is 0 Å². The molecule has 3 heteroatoms. The van der Waals surface area contributed by atoms with Gasteiger partial charge in [-0.2, -0.15) is 0 Å². The van der Waals surface area contributed by atoms with Crippen LogP contribution in [0, 0.1) is 5.92 Å². The Morgan fingerprint density at radius 1 is 1.14 bits per heavy atom. The lowest BCUT2D eigenvalue weighted by Crippen LogP contribution is -2.54. The minimum Gasteiger partial charge on any atom is -0.493 e. The Kier molecular flexibility index (Phi) is 3.37. The van der Waals surface area contributed by atoms with Gasteiger partial charge in [0.05, 0.1) is 12.5 Å². The zero-order valence-corrected chi connectivity index (χ0v) is 16.4.